The standard InChI is InChI=1S/C13H20N2O/c1-2-9-4-3-5-11-12(15-16-13(9)11)8-14-10-6-7-10/h9-10,14H,2-8H2,1H3. The van der Waals surface area contributed by atoms with E-state index in [0.29, 0.717) is 5.92 Å². The first-order chi connectivity index (χ1) is 7.88. The molecule has 3 nitrogen and oxygen atoms in total. The van der Waals surface area contributed by atoms with Crippen molar-refractivity contribution < 1.29 is 4.52 Å². The van der Waals surface area contributed by atoms with E-state index in [0.717, 1.165) is 19.0 Å². The van der Waals surface area contributed by atoms with Crippen LogP contribution in [0.1, 0.15) is 62.0 Å². The number of hydrogen-bond donors (Lipinski definition) is 1. The number of nitrogens with zero attached hydrogens (tertiary/aromatic N) is 1. The van der Waals surface area contributed by atoms with Crippen molar-refractivity contribution in [2.45, 2.75) is 64.0 Å². The molecular formula is C13H20N2O. The average Bonchev–Trinajstić information content (AvgIpc) is 3.06. The van der Waals surface area contributed by atoms with Crippen LogP contribution in [0.3, 0.4) is 0 Å². The van der Waals surface area contributed by atoms with E-state index in [1.807, 2.05) is 0 Å². The number of aromatic nitrogens is 1. The maximum absolute atomic E-state index is 5.55. The Hall–Kier alpha value is -0.830. The molecule has 1 atom stereocenters. The highest BCUT2D eigenvalue weighted by Crippen LogP contribution is 2.35. The number of fused-ring (bicyclic) bond motifs is 1. The van der Waals surface area contributed by atoms with Crippen molar-refractivity contribution in [2.75, 3.05) is 0 Å². The highest BCUT2D eigenvalue weighted by atomic mass is 16.5. The second-order valence-corrected chi connectivity index (χ2v) is 5.12. The Morgan fingerprint density at radius 2 is 2.25 bits per heavy atom. The van der Waals surface area contributed by atoms with Gasteiger partial charge in [-0.1, -0.05) is 12.1 Å². The van der Waals surface area contributed by atoms with Gasteiger partial charge < -0.3 is 9.84 Å². The van der Waals surface area contributed by atoms with Crippen molar-refractivity contribution in [1.29, 1.82) is 0 Å². The van der Waals surface area contributed by atoms with Gasteiger partial charge in [0.15, 0.2) is 0 Å². The molecule has 1 heterocycles. The molecule has 0 bridgehead atoms. The highest BCUT2D eigenvalue weighted by molar-refractivity contribution is 5.28. The second-order valence-electron chi connectivity index (χ2n) is 5.12. The molecule has 2 aliphatic rings. The Morgan fingerprint density at radius 1 is 1.38 bits per heavy atom. The molecule has 0 spiro atoms. The lowest BCUT2D eigenvalue weighted by Gasteiger charge is -2.18. The smallest absolute Gasteiger partial charge is 0.143 e. The van der Waals surface area contributed by atoms with Gasteiger partial charge in [0.05, 0.1) is 0 Å². The molecule has 0 aromatic carbocycles. The SMILES string of the molecule is CCC1CCCc2c(CNC3CC3)noc21. The molecule has 0 aliphatic heterocycles. The van der Waals surface area contributed by atoms with Gasteiger partial charge in [-0.05, 0) is 38.5 Å². The summed E-state index contributed by atoms with van der Waals surface area (Å²) in [6.07, 6.45) is 7.57. The zero-order chi connectivity index (χ0) is 11.0. The minimum atomic E-state index is 0.617. The fourth-order valence-corrected chi connectivity index (χ4v) is 2.66. The van der Waals surface area contributed by atoms with Crippen LogP contribution >= 0.6 is 0 Å². The Balaban J connectivity index is 1.75. The Kier molecular flexibility index (Phi) is 2.72. The summed E-state index contributed by atoms with van der Waals surface area (Å²) in [5, 5.41) is 7.78. The van der Waals surface area contributed by atoms with Crippen LogP contribution < -0.4 is 5.32 Å². The summed E-state index contributed by atoms with van der Waals surface area (Å²) in [7, 11) is 0. The molecular weight excluding hydrogens is 200 g/mol. The zero-order valence-electron chi connectivity index (χ0n) is 9.96. The topological polar surface area (TPSA) is 38.1 Å². The average molecular weight is 220 g/mol. The molecule has 1 N–H and O–H groups in total. The van der Waals surface area contributed by atoms with Gasteiger partial charge in [0.2, 0.25) is 0 Å². The van der Waals surface area contributed by atoms with Gasteiger partial charge in [0.25, 0.3) is 0 Å². The van der Waals surface area contributed by atoms with E-state index in [2.05, 4.69) is 17.4 Å². The van der Waals surface area contributed by atoms with Gasteiger partial charge in [-0.2, -0.15) is 0 Å². The maximum atomic E-state index is 5.55. The normalized spacial score (nSPS) is 24.4. The second kappa shape index (κ2) is 4.21. The van der Waals surface area contributed by atoms with E-state index in [-0.39, 0.29) is 0 Å². The minimum absolute atomic E-state index is 0.617. The molecule has 2 aliphatic carbocycles. The molecule has 3 heteroatoms. The maximum Gasteiger partial charge on any atom is 0.143 e. The third-order valence-corrected chi connectivity index (χ3v) is 3.88. The van der Waals surface area contributed by atoms with Crippen LogP contribution in [0.15, 0.2) is 4.52 Å². The molecule has 88 valence electrons. The first kappa shape index (κ1) is 10.3. The molecule has 1 aromatic rings. The van der Waals surface area contributed by atoms with E-state index >= 15 is 0 Å². The van der Waals surface area contributed by atoms with Crippen LogP contribution in [0, 0.1) is 0 Å². The lowest BCUT2D eigenvalue weighted by molar-refractivity contribution is 0.333. The molecule has 0 amide bonds. The Bertz CT molecular complexity index is 368. The first-order valence-electron chi connectivity index (χ1n) is 6.59. The van der Waals surface area contributed by atoms with E-state index in [4.69, 9.17) is 4.52 Å². The van der Waals surface area contributed by atoms with E-state index in [1.165, 1.54) is 49.1 Å². The third-order valence-electron chi connectivity index (χ3n) is 3.88. The summed E-state index contributed by atoms with van der Waals surface area (Å²) in [5.74, 6) is 1.80. The van der Waals surface area contributed by atoms with Crippen LogP contribution in [0.4, 0.5) is 0 Å². The molecule has 3 rings (SSSR count). The summed E-state index contributed by atoms with van der Waals surface area (Å²) < 4.78 is 5.55. The fourth-order valence-electron chi connectivity index (χ4n) is 2.66. The van der Waals surface area contributed by atoms with Gasteiger partial charge in [0.1, 0.15) is 11.5 Å². The number of rotatable bonds is 4. The number of hydrogen-bond acceptors (Lipinski definition) is 3. The Labute approximate surface area is 96.6 Å². The third kappa shape index (κ3) is 1.88. The summed E-state index contributed by atoms with van der Waals surface area (Å²) in [6.45, 7) is 3.14. The van der Waals surface area contributed by atoms with E-state index in [9.17, 15) is 0 Å². The summed E-state index contributed by atoms with van der Waals surface area (Å²) in [6, 6.07) is 0.748. The predicted molar refractivity (Wildman–Crippen MR) is 62.3 cm³/mol. The molecule has 1 aromatic heterocycles. The van der Waals surface area contributed by atoms with Crippen LogP contribution in [0.2, 0.25) is 0 Å². The van der Waals surface area contributed by atoms with E-state index in [1.54, 1.807) is 0 Å². The van der Waals surface area contributed by atoms with Crippen molar-refractivity contribution >= 4 is 0 Å². The molecule has 0 radical (unpaired) electrons. The largest absolute Gasteiger partial charge is 0.361 e. The zero-order valence-corrected chi connectivity index (χ0v) is 9.96. The predicted octanol–water partition coefficient (Wildman–Crippen LogP) is 2.76. The van der Waals surface area contributed by atoms with Crippen LogP contribution in [-0.4, -0.2) is 11.2 Å². The van der Waals surface area contributed by atoms with Crippen LogP contribution in [0.5, 0.6) is 0 Å². The summed E-state index contributed by atoms with van der Waals surface area (Å²) in [5.41, 5.74) is 2.58. The highest BCUT2D eigenvalue weighted by Gasteiger charge is 2.27. The minimum Gasteiger partial charge on any atom is -0.361 e. The molecule has 1 saturated carbocycles. The summed E-state index contributed by atoms with van der Waals surface area (Å²) >= 11 is 0. The van der Waals surface area contributed by atoms with Crippen molar-refractivity contribution in [3.05, 3.63) is 17.0 Å². The summed E-state index contributed by atoms with van der Waals surface area (Å²) in [4.78, 5) is 0. The van der Waals surface area contributed by atoms with Crippen molar-refractivity contribution in [3.8, 4) is 0 Å². The molecule has 1 fully saturated rings. The van der Waals surface area contributed by atoms with Crippen LogP contribution in [0.25, 0.3) is 0 Å². The lowest BCUT2D eigenvalue weighted by Crippen LogP contribution is -2.17. The first-order valence-corrected chi connectivity index (χ1v) is 6.59. The fraction of sp³-hybridized carbons (Fsp3) is 0.769. The lowest BCUT2D eigenvalue weighted by atomic mass is 9.86. The number of nitrogens with one attached hydrogen (secondary N) is 1. The van der Waals surface area contributed by atoms with Gasteiger partial charge in [0, 0.05) is 24.1 Å². The van der Waals surface area contributed by atoms with Gasteiger partial charge in [-0.15, -0.1) is 0 Å². The van der Waals surface area contributed by atoms with Gasteiger partial charge >= 0.3 is 0 Å². The van der Waals surface area contributed by atoms with Crippen molar-refractivity contribution in [3.63, 3.8) is 0 Å². The monoisotopic (exact) mass is 220 g/mol. The van der Waals surface area contributed by atoms with Crippen molar-refractivity contribution in [1.82, 2.24) is 10.5 Å². The van der Waals surface area contributed by atoms with Gasteiger partial charge in [-0.25, -0.2) is 0 Å². The van der Waals surface area contributed by atoms with Crippen LogP contribution in [-0.2, 0) is 13.0 Å². The molecule has 16 heavy (non-hydrogen) atoms. The quantitative estimate of drug-likeness (QED) is 0.848. The van der Waals surface area contributed by atoms with E-state index < -0.39 is 0 Å². The van der Waals surface area contributed by atoms with Gasteiger partial charge in [-0.3, -0.25) is 0 Å². The molecule has 0 saturated heterocycles. The van der Waals surface area contributed by atoms with Crippen molar-refractivity contribution in [2.24, 2.45) is 0 Å². The molecule has 1 unspecified atom stereocenters. The Morgan fingerprint density at radius 3 is 3.00 bits per heavy atom.